The lowest BCUT2D eigenvalue weighted by atomic mass is 10.3. The maximum atomic E-state index is 11.5. The molecule has 0 radical (unpaired) electrons. The Balaban J connectivity index is 3.85. The Hall–Kier alpha value is -1.26. The third-order valence-electron chi connectivity index (χ3n) is 2.08. The Kier molecular flexibility index (Phi) is 7.40. The van der Waals surface area contributed by atoms with Crippen molar-refractivity contribution in [3.63, 3.8) is 0 Å². The molecule has 5 nitrogen and oxygen atoms in total. The van der Waals surface area contributed by atoms with Crippen LogP contribution in [-0.2, 0) is 4.79 Å². The number of nitrogens with two attached hydrogens (primary N) is 1. The first kappa shape index (κ1) is 13.7. The minimum absolute atomic E-state index is 0.132. The summed E-state index contributed by atoms with van der Waals surface area (Å²) in [4.78, 5) is 17.4. The van der Waals surface area contributed by atoms with Crippen molar-refractivity contribution in [3.8, 4) is 0 Å². The van der Waals surface area contributed by atoms with Gasteiger partial charge in [0.05, 0.1) is 6.54 Å². The van der Waals surface area contributed by atoms with Crippen molar-refractivity contribution < 1.29 is 4.79 Å². The van der Waals surface area contributed by atoms with Gasteiger partial charge in [-0.3, -0.25) is 9.79 Å². The number of amides is 1. The van der Waals surface area contributed by atoms with E-state index in [-0.39, 0.29) is 5.91 Å². The number of carbonyl (C=O) groups excluding carboxylic acids is 1. The minimum Gasteiger partial charge on any atom is -0.370 e. The molecule has 0 aliphatic rings. The fourth-order valence-electron chi connectivity index (χ4n) is 1.24. The molecule has 15 heavy (non-hydrogen) atoms. The highest BCUT2D eigenvalue weighted by molar-refractivity contribution is 5.79. The normalized spacial score (nSPS) is 11.3. The molecule has 0 aromatic rings. The monoisotopic (exact) mass is 214 g/mol. The number of nitrogens with zero attached hydrogens (tertiary/aromatic N) is 2. The summed E-state index contributed by atoms with van der Waals surface area (Å²) < 4.78 is 0. The summed E-state index contributed by atoms with van der Waals surface area (Å²) in [5, 5.41) is 2.88. The topological polar surface area (TPSA) is 70.7 Å². The van der Waals surface area contributed by atoms with Crippen LogP contribution < -0.4 is 11.1 Å². The van der Waals surface area contributed by atoms with Crippen LogP contribution in [0.15, 0.2) is 4.99 Å². The lowest BCUT2D eigenvalue weighted by Crippen LogP contribution is -2.33. The van der Waals surface area contributed by atoms with E-state index in [4.69, 9.17) is 5.73 Å². The number of hydrogen-bond donors (Lipinski definition) is 2. The van der Waals surface area contributed by atoms with Crippen LogP contribution in [0.2, 0.25) is 0 Å². The Morgan fingerprint density at radius 3 is 2.40 bits per heavy atom. The van der Waals surface area contributed by atoms with Crippen LogP contribution in [0.3, 0.4) is 0 Å². The third-order valence-corrected chi connectivity index (χ3v) is 2.08. The molecule has 0 aromatic heterocycles. The average Bonchev–Trinajstić information content (AvgIpc) is 2.20. The number of guanidine groups is 1. The highest BCUT2D eigenvalue weighted by atomic mass is 16.2. The highest BCUT2D eigenvalue weighted by Crippen LogP contribution is 1.93. The van der Waals surface area contributed by atoms with Crippen LogP contribution in [-0.4, -0.2) is 42.9 Å². The molecule has 0 fully saturated rings. The van der Waals surface area contributed by atoms with Crippen LogP contribution in [0.25, 0.3) is 0 Å². The summed E-state index contributed by atoms with van der Waals surface area (Å²) in [7, 11) is 0. The molecular weight excluding hydrogens is 192 g/mol. The average molecular weight is 214 g/mol. The molecule has 0 saturated heterocycles. The van der Waals surface area contributed by atoms with E-state index in [2.05, 4.69) is 10.3 Å². The second-order valence-corrected chi connectivity index (χ2v) is 3.11. The van der Waals surface area contributed by atoms with Gasteiger partial charge in [-0.05, 0) is 20.8 Å². The zero-order valence-electron chi connectivity index (χ0n) is 9.92. The number of rotatable bonds is 6. The summed E-state index contributed by atoms with van der Waals surface area (Å²) >= 11 is 0. The van der Waals surface area contributed by atoms with Gasteiger partial charge in [-0.15, -0.1) is 0 Å². The van der Waals surface area contributed by atoms with Crippen molar-refractivity contribution in [2.75, 3.05) is 26.2 Å². The van der Waals surface area contributed by atoms with E-state index in [9.17, 15) is 4.79 Å². The van der Waals surface area contributed by atoms with Crippen molar-refractivity contribution >= 4 is 11.9 Å². The maximum Gasteiger partial charge on any atom is 0.224 e. The first-order valence-electron chi connectivity index (χ1n) is 5.47. The SMILES string of the molecule is CCNC(N)=NCCC(=O)N(CC)CC. The molecule has 0 atom stereocenters. The fourth-order valence-corrected chi connectivity index (χ4v) is 1.24. The van der Waals surface area contributed by atoms with Crippen molar-refractivity contribution in [1.82, 2.24) is 10.2 Å². The van der Waals surface area contributed by atoms with Gasteiger partial charge in [-0.2, -0.15) is 0 Å². The van der Waals surface area contributed by atoms with Crippen molar-refractivity contribution in [2.24, 2.45) is 10.7 Å². The molecule has 0 bridgehead atoms. The predicted molar refractivity (Wildman–Crippen MR) is 62.7 cm³/mol. The Morgan fingerprint density at radius 1 is 1.33 bits per heavy atom. The minimum atomic E-state index is 0.132. The maximum absolute atomic E-state index is 11.5. The quantitative estimate of drug-likeness (QED) is 0.489. The number of aliphatic imine (C=N–C) groups is 1. The van der Waals surface area contributed by atoms with Gasteiger partial charge in [0, 0.05) is 26.1 Å². The first-order chi connectivity index (χ1) is 7.15. The second kappa shape index (κ2) is 8.08. The van der Waals surface area contributed by atoms with E-state index in [0.717, 1.165) is 19.6 Å². The molecule has 1 amide bonds. The van der Waals surface area contributed by atoms with E-state index in [0.29, 0.717) is 18.9 Å². The van der Waals surface area contributed by atoms with Gasteiger partial charge >= 0.3 is 0 Å². The van der Waals surface area contributed by atoms with Crippen LogP contribution in [0, 0.1) is 0 Å². The summed E-state index contributed by atoms with van der Waals surface area (Å²) in [6, 6.07) is 0. The second-order valence-electron chi connectivity index (χ2n) is 3.11. The van der Waals surface area contributed by atoms with Gasteiger partial charge < -0.3 is 16.0 Å². The van der Waals surface area contributed by atoms with E-state index >= 15 is 0 Å². The summed E-state index contributed by atoms with van der Waals surface area (Å²) in [6.07, 6.45) is 0.424. The summed E-state index contributed by atoms with van der Waals surface area (Å²) in [5.74, 6) is 0.540. The number of nitrogens with one attached hydrogen (secondary N) is 1. The highest BCUT2D eigenvalue weighted by Gasteiger charge is 2.07. The summed E-state index contributed by atoms with van der Waals surface area (Å²) in [5.41, 5.74) is 5.53. The molecular formula is C10H22N4O. The molecule has 0 spiro atoms. The Labute approximate surface area is 91.7 Å². The van der Waals surface area contributed by atoms with Crippen molar-refractivity contribution in [2.45, 2.75) is 27.2 Å². The molecule has 5 heteroatoms. The molecule has 0 unspecified atom stereocenters. The van der Waals surface area contributed by atoms with E-state index in [1.54, 1.807) is 4.90 Å². The number of carbonyl (C=O) groups is 1. The Morgan fingerprint density at radius 2 is 1.93 bits per heavy atom. The molecule has 0 rings (SSSR count). The van der Waals surface area contributed by atoms with Crippen LogP contribution in [0.5, 0.6) is 0 Å². The van der Waals surface area contributed by atoms with Crippen molar-refractivity contribution in [3.05, 3.63) is 0 Å². The lowest BCUT2D eigenvalue weighted by Gasteiger charge is -2.17. The predicted octanol–water partition coefficient (Wildman–Crippen LogP) is 0.169. The molecule has 0 saturated carbocycles. The molecule has 0 aliphatic carbocycles. The molecule has 88 valence electrons. The smallest absolute Gasteiger partial charge is 0.224 e. The van der Waals surface area contributed by atoms with Crippen LogP contribution in [0.4, 0.5) is 0 Å². The molecule has 0 aromatic carbocycles. The van der Waals surface area contributed by atoms with Gasteiger partial charge in [-0.1, -0.05) is 0 Å². The largest absolute Gasteiger partial charge is 0.370 e. The molecule has 0 aliphatic heterocycles. The van der Waals surface area contributed by atoms with E-state index in [1.807, 2.05) is 20.8 Å². The lowest BCUT2D eigenvalue weighted by molar-refractivity contribution is -0.130. The summed E-state index contributed by atoms with van der Waals surface area (Å²) in [6.45, 7) is 8.59. The van der Waals surface area contributed by atoms with E-state index in [1.165, 1.54) is 0 Å². The fraction of sp³-hybridized carbons (Fsp3) is 0.800. The van der Waals surface area contributed by atoms with Gasteiger partial charge in [0.25, 0.3) is 0 Å². The number of hydrogen-bond acceptors (Lipinski definition) is 2. The standard InChI is InChI=1S/C10H22N4O/c1-4-12-10(11)13-8-7-9(15)14(5-2)6-3/h4-8H2,1-3H3,(H3,11,12,13). The van der Waals surface area contributed by atoms with Crippen LogP contribution in [0.1, 0.15) is 27.2 Å². The van der Waals surface area contributed by atoms with Gasteiger partial charge in [0.15, 0.2) is 5.96 Å². The zero-order chi connectivity index (χ0) is 11.7. The zero-order valence-corrected chi connectivity index (χ0v) is 9.92. The Bertz CT molecular complexity index is 211. The molecule has 0 heterocycles. The van der Waals surface area contributed by atoms with Gasteiger partial charge in [0.2, 0.25) is 5.91 Å². The third kappa shape index (κ3) is 5.93. The van der Waals surface area contributed by atoms with E-state index < -0.39 is 0 Å². The van der Waals surface area contributed by atoms with Gasteiger partial charge in [0.1, 0.15) is 0 Å². The molecule has 3 N–H and O–H groups in total. The first-order valence-corrected chi connectivity index (χ1v) is 5.47. The van der Waals surface area contributed by atoms with Crippen LogP contribution >= 0.6 is 0 Å². The van der Waals surface area contributed by atoms with Crippen molar-refractivity contribution in [1.29, 1.82) is 0 Å². The van der Waals surface area contributed by atoms with Gasteiger partial charge in [-0.25, -0.2) is 0 Å².